The van der Waals surface area contributed by atoms with Crippen LogP contribution in [0.2, 0.25) is 0 Å². The molecule has 336 valence electrons. The smallest absolute Gasteiger partial charge is 0.416 e. The Kier molecular flexibility index (Phi) is 16.8. The van der Waals surface area contributed by atoms with E-state index < -0.39 is 53.6 Å². The number of hydrogen-bond donors (Lipinski definition) is 4. The highest BCUT2D eigenvalue weighted by molar-refractivity contribution is 5.99. The largest absolute Gasteiger partial charge is 0.447 e. The lowest BCUT2D eigenvalue weighted by Crippen LogP contribution is -2.56. The molecule has 1 heterocycles. The Balaban J connectivity index is 1.25. The van der Waals surface area contributed by atoms with Crippen LogP contribution >= 0.6 is 0 Å². The van der Waals surface area contributed by atoms with Crippen LogP contribution in [0, 0.1) is 5.92 Å². The van der Waals surface area contributed by atoms with Crippen molar-refractivity contribution < 1.29 is 38.2 Å². The van der Waals surface area contributed by atoms with Crippen LogP contribution in [0.3, 0.4) is 0 Å². The summed E-state index contributed by atoms with van der Waals surface area (Å²) < 4.78 is 10.4. The van der Waals surface area contributed by atoms with Gasteiger partial charge in [-0.3, -0.25) is 19.2 Å². The molecule has 0 unspecified atom stereocenters. The van der Waals surface area contributed by atoms with E-state index in [1.807, 2.05) is 166 Å². The molecule has 1 fully saturated rings. The van der Waals surface area contributed by atoms with Gasteiger partial charge in [0.25, 0.3) is 5.91 Å². The monoisotopic (exact) mass is 877 g/mol. The lowest BCUT2D eigenvalue weighted by Gasteiger charge is -2.37. The number of hydrogen-bond acceptors (Lipinski definition) is 8. The maximum absolute atomic E-state index is 14.5. The fourth-order valence-corrected chi connectivity index (χ4v) is 7.66. The second-order valence-electron chi connectivity index (χ2n) is 16.2. The summed E-state index contributed by atoms with van der Waals surface area (Å²) in [6.45, 7) is 3.94. The molecule has 0 aromatic heterocycles. The first-order valence-electron chi connectivity index (χ1n) is 21.8. The zero-order valence-corrected chi connectivity index (χ0v) is 36.6. The van der Waals surface area contributed by atoms with Gasteiger partial charge in [-0.05, 0) is 46.6 Å². The molecule has 1 aliphatic heterocycles. The van der Waals surface area contributed by atoms with Crippen LogP contribution < -0.4 is 21.3 Å². The van der Waals surface area contributed by atoms with Gasteiger partial charge >= 0.3 is 12.2 Å². The van der Waals surface area contributed by atoms with Crippen molar-refractivity contribution in [2.45, 2.75) is 69.8 Å². The molecular weight excluding hydrogens is 823 g/mol. The summed E-state index contributed by atoms with van der Waals surface area (Å²) in [7, 11) is 0. The third-order valence-corrected chi connectivity index (χ3v) is 10.9. The minimum atomic E-state index is -1.16. The van der Waals surface area contributed by atoms with Crippen molar-refractivity contribution >= 4 is 35.8 Å². The third-order valence-electron chi connectivity index (χ3n) is 10.9. The molecule has 65 heavy (non-hydrogen) atoms. The number of ether oxygens (including phenoxy) is 2. The molecule has 6 amide bonds. The number of alkyl carbamates (subject to hydrolysis) is 1. The number of imide groups is 1. The molecule has 0 bridgehead atoms. The molecule has 5 aromatic rings. The van der Waals surface area contributed by atoms with Crippen molar-refractivity contribution in [1.29, 1.82) is 0 Å². The average molecular weight is 878 g/mol. The van der Waals surface area contributed by atoms with Crippen LogP contribution in [0.4, 0.5) is 9.59 Å². The second-order valence-corrected chi connectivity index (χ2v) is 16.2. The van der Waals surface area contributed by atoms with Gasteiger partial charge in [0.1, 0.15) is 30.8 Å². The van der Waals surface area contributed by atoms with Crippen molar-refractivity contribution in [3.8, 4) is 0 Å². The van der Waals surface area contributed by atoms with Crippen LogP contribution in [-0.2, 0) is 47.2 Å². The van der Waals surface area contributed by atoms with Gasteiger partial charge in [0, 0.05) is 25.0 Å². The highest BCUT2D eigenvalue weighted by Crippen LogP contribution is 2.37. The number of benzene rings is 5. The predicted molar refractivity (Wildman–Crippen MR) is 246 cm³/mol. The average Bonchev–Trinajstić information content (AvgIpc) is 3.77. The fourth-order valence-electron chi connectivity index (χ4n) is 7.66. The molecule has 1 saturated heterocycles. The minimum Gasteiger partial charge on any atom is -0.447 e. The second kappa shape index (κ2) is 23.2. The molecule has 0 spiro atoms. The molecule has 3 atom stereocenters. The van der Waals surface area contributed by atoms with Gasteiger partial charge in [0.15, 0.2) is 0 Å². The van der Waals surface area contributed by atoms with Gasteiger partial charge in [-0.15, -0.1) is 0 Å². The summed E-state index contributed by atoms with van der Waals surface area (Å²) >= 11 is 0. The van der Waals surface area contributed by atoms with Crippen molar-refractivity contribution in [2.75, 3.05) is 13.2 Å². The Morgan fingerprint density at radius 3 is 1.69 bits per heavy atom. The van der Waals surface area contributed by atoms with Gasteiger partial charge in [0.05, 0.1) is 6.54 Å². The zero-order chi connectivity index (χ0) is 46.0. The molecule has 13 nitrogen and oxygen atoms in total. The Morgan fingerprint density at radius 2 is 1.18 bits per heavy atom. The lowest BCUT2D eigenvalue weighted by atomic mass is 9.77. The first-order valence-corrected chi connectivity index (χ1v) is 21.8. The zero-order valence-electron chi connectivity index (χ0n) is 36.6. The highest BCUT2D eigenvalue weighted by Gasteiger charge is 2.38. The molecule has 0 aliphatic carbocycles. The first-order chi connectivity index (χ1) is 31.5. The number of rotatable bonds is 20. The van der Waals surface area contributed by atoms with E-state index in [0.29, 0.717) is 0 Å². The number of carbonyl (C=O) groups excluding carboxylic acids is 6. The van der Waals surface area contributed by atoms with Crippen molar-refractivity contribution in [3.63, 3.8) is 0 Å². The minimum absolute atomic E-state index is 0.00184. The number of carbonyl (C=O) groups is 6. The standard InChI is InChI=1S/C52H55N5O8/c1-37(2)34-44(55-50(62)65-36-39-20-10-4-11-21-39)49(61)54-45(35-38-18-8-3-9-19-38)48(60)53-43(29-31-47(59)57-32-33-64-51(57)63)28-30-46(58)56-52(40-22-12-5-13-23-40,41-24-14-6-15-25-41)42-26-16-7-17-27-42/h3-27,29,31,37,43-45H,28,30,32-36H2,1-2H3,(H,53,60)(H,54,61)(H,55,62)(H,56,58)/b31-29+/t43-,44-,45-/m0/s1. The van der Waals surface area contributed by atoms with E-state index in [4.69, 9.17) is 9.47 Å². The highest BCUT2D eigenvalue weighted by atomic mass is 16.6. The summed E-state index contributed by atoms with van der Waals surface area (Å²) in [6, 6.07) is 44.1. The number of cyclic esters (lactones) is 1. The van der Waals surface area contributed by atoms with Crippen molar-refractivity contribution in [1.82, 2.24) is 26.2 Å². The molecule has 13 heteroatoms. The van der Waals surface area contributed by atoms with E-state index in [0.717, 1.165) is 32.7 Å². The molecule has 4 N–H and O–H groups in total. The van der Waals surface area contributed by atoms with E-state index >= 15 is 0 Å². The van der Waals surface area contributed by atoms with Gasteiger partial charge in [-0.2, -0.15) is 0 Å². The summed E-state index contributed by atoms with van der Waals surface area (Å²) in [6.07, 6.45) is 1.29. The Hall–Kier alpha value is -7.54. The predicted octanol–water partition coefficient (Wildman–Crippen LogP) is 6.96. The van der Waals surface area contributed by atoms with E-state index in [1.165, 1.54) is 12.2 Å². The summed E-state index contributed by atoms with van der Waals surface area (Å²) in [5.41, 5.74) is 2.91. The molecule has 0 saturated carbocycles. The molecule has 6 rings (SSSR count). The van der Waals surface area contributed by atoms with Gasteiger partial charge in [-0.25, -0.2) is 14.5 Å². The SMILES string of the molecule is CC(C)C[C@H](NC(=O)OCc1ccccc1)C(=O)N[C@@H](Cc1ccccc1)C(=O)N[C@H](/C=C/C(=O)N1CCOC1=O)CCC(=O)NC(c1ccccc1)(c1ccccc1)c1ccccc1. The Bertz CT molecular complexity index is 2280. The van der Waals surface area contributed by atoms with Crippen LogP contribution in [0.5, 0.6) is 0 Å². The van der Waals surface area contributed by atoms with E-state index in [9.17, 15) is 28.8 Å². The van der Waals surface area contributed by atoms with Gasteiger partial charge < -0.3 is 30.7 Å². The maximum Gasteiger partial charge on any atom is 0.416 e. The number of nitrogens with zero attached hydrogens (tertiary/aromatic N) is 1. The third kappa shape index (κ3) is 13.2. The lowest BCUT2D eigenvalue weighted by molar-refractivity contribution is -0.130. The molecule has 5 aromatic carbocycles. The summed E-state index contributed by atoms with van der Waals surface area (Å²) in [5, 5.41) is 11.8. The van der Waals surface area contributed by atoms with Crippen LogP contribution in [0.1, 0.15) is 60.9 Å². The summed E-state index contributed by atoms with van der Waals surface area (Å²) in [5.74, 6) is -2.22. The quantitative estimate of drug-likeness (QED) is 0.0480. The van der Waals surface area contributed by atoms with Gasteiger partial charge in [0.2, 0.25) is 17.7 Å². The van der Waals surface area contributed by atoms with E-state index in [1.54, 1.807) is 0 Å². The maximum atomic E-state index is 14.5. The Morgan fingerprint density at radius 1 is 0.677 bits per heavy atom. The topological polar surface area (TPSA) is 172 Å². The van der Waals surface area contributed by atoms with Crippen molar-refractivity contribution in [2.24, 2.45) is 5.92 Å². The molecular formula is C52H55N5O8. The van der Waals surface area contributed by atoms with E-state index in [-0.39, 0.29) is 57.3 Å². The van der Waals surface area contributed by atoms with Crippen LogP contribution in [-0.4, -0.2) is 72.0 Å². The fraction of sp³-hybridized carbons (Fsp3) is 0.269. The van der Waals surface area contributed by atoms with Crippen LogP contribution in [0.15, 0.2) is 164 Å². The van der Waals surface area contributed by atoms with Gasteiger partial charge in [-0.1, -0.05) is 172 Å². The summed E-state index contributed by atoms with van der Waals surface area (Å²) in [4.78, 5) is 82.2. The van der Waals surface area contributed by atoms with Crippen LogP contribution in [0.25, 0.3) is 0 Å². The Labute approximate surface area is 379 Å². The molecule has 0 radical (unpaired) electrons. The normalized spacial score (nSPS) is 13.9. The number of nitrogens with one attached hydrogen (secondary N) is 4. The number of amides is 6. The first kappa shape index (κ1) is 47.0. The molecule has 1 aliphatic rings. The van der Waals surface area contributed by atoms with Crippen molar-refractivity contribution in [3.05, 3.63) is 192 Å². The van der Waals surface area contributed by atoms with E-state index in [2.05, 4.69) is 21.3 Å².